The molecule has 0 spiro atoms. The highest BCUT2D eigenvalue weighted by Crippen LogP contribution is 2.05. The third-order valence-electron chi connectivity index (χ3n) is 1.68. The van der Waals surface area contributed by atoms with Gasteiger partial charge >= 0.3 is 0 Å². The summed E-state index contributed by atoms with van der Waals surface area (Å²) in [6, 6.07) is 3.49. The fourth-order valence-electron chi connectivity index (χ4n) is 0.961. The Morgan fingerprint density at radius 3 is 3.13 bits per heavy atom. The van der Waals surface area contributed by atoms with Gasteiger partial charge in [0.05, 0.1) is 6.54 Å². The van der Waals surface area contributed by atoms with E-state index in [1.165, 1.54) is 0 Å². The first-order valence-electron chi connectivity index (χ1n) is 4.71. The maximum atomic E-state index is 11.1. The molecule has 15 heavy (non-hydrogen) atoms. The molecular formula is C11H13N3O. The molecule has 4 nitrogen and oxygen atoms in total. The molecule has 0 unspecified atom stereocenters. The highest BCUT2D eigenvalue weighted by atomic mass is 16.1. The maximum Gasteiger partial charge on any atom is 0.225 e. The minimum Gasteiger partial charge on any atom is -0.320 e. The highest BCUT2D eigenvalue weighted by Gasteiger charge is 1.99. The number of aromatic nitrogens is 1. The Morgan fingerprint density at radius 1 is 1.67 bits per heavy atom. The predicted molar refractivity (Wildman–Crippen MR) is 59.1 cm³/mol. The molecule has 3 N–H and O–H groups in total. The Morgan fingerprint density at radius 2 is 2.47 bits per heavy atom. The summed E-state index contributed by atoms with van der Waals surface area (Å²) in [6.45, 7) is 2.10. The largest absolute Gasteiger partial charge is 0.320 e. The van der Waals surface area contributed by atoms with Gasteiger partial charge in [-0.3, -0.25) is 4.79 Å². The lowest BCUT2D eigenvalue weighted by molar-refractivity contribution is -0.115. The van der Waals surface area contributed by atoms with E-state index in [1.807, 2.05) is 0 Å². The van der Waals surface area contributed by atoms with E-state index in [1.54, 1.807) is 25.3 Å². The molecule has 1 amide bonds. The molecule has 1 heterocycles. The topological polar surface area (TPSA) is 68.0 Å². The third-order valence-corrected chi connectivity index (χ3v) is 1.68. The van der Waals surface area contributed by atoms with Gasteiger partial charge < -0.3 is 11.1 Å². The molecule has 4 heteroatoms. The Bertz CT molecular complexity index is 404. The van der Waals surface area contributed by atoms with Crippen molar-refractivity contribution < 1.29 is 4.79 Å². The lowest BCUT2D eigenvalue weighted by Crippen LogP contribution is -2.10. The SMILES string of the molecule is CCC(=O)Nc1cc(C#CCN)ccn1. The average molecular weight is 203 g/mol. The number of nitrogens with zero attached hydrogens (tertiary/aromatic N) is 1. The van der Waals surface area contributed by atoms with Crippen molar-refractivity contribution in [3.63, 3.8) is 0 Å². The first-order valence-corrected chi connectivity index (χ1v) is 4.71. The smallest absolute Gasteiger partial charge is 0.225 e. The summed E-state index contributed by atoms with van der Waals surface area (Å²) in [5.41, 5.74) is 6.05. The van der Waals surface area contributed by atoms with E-state index in [-0.39, 0.29) is 5.91 Å². The van der Waals surface area contributed by atoms with Crippen LogP contribution in [0.1, 0.15) is 18.9 Å². The van der Waals surface area contributed by atoms with E-state index in [0.717, 1.165) is 5.56 Å². The van der Waals surface area contributed by atoms with Gasteiger partial charge in [0, 0.05) is 18.2 Å². The fraction of sp³-hybridized carbons (Fsp3) is 0.273. The van der Waals surface area contributed by atoms with E-state index in [0.29, 0.717) is 18.8 Å². The molecule has 0 aromatic carbocycles. The molecule has 0 atom stereocenters. The second-order valence-electron chi connectivity index (χ2n) is 2.84. The van der Waals surface area contributed by atoms with Crippen LogP contribution >= 0.6 is 0 Å². The monoisotopic (exact) mass is 203 g/mol. The molecule has 0 fully saturated rings. The minimum absolute atomic E-state index is 0.0635. The maximum absolute atomic E-state index is 11.1. The van der Waals surface area contributed by atoms with Gasteiger partial charge in [0.1, 0.15) is 5.82 Å². The molecule has 0 saturated carbocycles. The molecule has 0 aliphatic carbocycles. The normalized spacial score (nSPS) is 8.93. The van der Waals surface area contributed by atoms with Gasteiger partial charge in [-0.15, -0.1) is 0 Å². The van der Waals surface area contributed by atoms with Gasteiger partial charge in [-0.1, -0.05) is 18.8 Å². The second-order valence-corrected chi connectivity index (χ2v) is 2.84. The number of hydrogen-bond donors (Lipinski definition) is 2. The van der Waals surface area contributed by atoms with Gasteiger partial charge in [-0.2, -0.15) is 0 Å². The van der Waals surface area contributed by atoms with Crippen LogP contribution in [0.2, 0.25) is 0 Å². The first-order chi connectivity index (χ1) is 7.26. The van der Waals surface area contributed by atoms with Crippen LogP contribution in [0.25, 0.3) is 0 Å². The minimum atomic E-state index is -0.0635. The number of pyridine rings is 1. The molecule has 0 radical (unpaired) electrons. The van der Waals surface area contributed by atoms with Gasteiger partial charge in [0.15, 0.2) is 0 Å². The number of carbonyl (C=O) groups excluding carboxylic acids is 1. The third kappa shape index (κ3) is 3.79. The van der Waals surface area contributed by atoms with Crippen LogP contribution in [-0.2, 0) is 4.79 Å². The number of rotatable bonds is 2. The highest BCUT2D eigenvalue weighted by molar-refractivity contribution is 5.89. The zero-order chi connectivity index (χ0) is 11.1. The van der Waals surface area contributed by atoms with Gasteiger partial charge in [-0.05, 0) is 12.1 Å². The number of nitrogens with one attached hydrogen (secondary N) is 1. The summed E-state index contributed by atoms with van der Waals surface area (Å²) >= 11 is 0. The van der Waals surface area contributed by atoms with Crippen LogP contribution in [0.5, 0.6) is 0 Å². The number of amides is 1. The van der Waals surface area contributed by atoms with E-state index in [9.17, 15) is 4.79 Å². The lowest BCUT2D eigenvalue weighted by Gasteiger charge is -2.01. The molecule has 1 aromatic rings. The van der Waals surface area contributed by atoms with Crippen molar-refractivity contribution in [3.8, 4) is 11.8 Å². The van der Waals surface area contributed by atoms with Crippen molar-refractivity contribution in [2.45, 2.75) is 13.3 Å². The number of nitrogens with two attached hydrogens (primary N) is 1. The summed E-state index contributed by atoms with van der Waals surface area (Å²) < 4.78 is 0. The van der Waals surface area contributed by atoms with Crippen LogP contribution in [0.3, 0.4) is 0 Å². The number of hydrogen-bond acceptors (Lipinski definition) is 3. The summed E-state index contributed by atoms with van der Waals surface area (Å²) in [7, 11) is 0. The van der Waals surface area contributed by atoms with E-state index in [2.05, 4.69) is 22.1 Å². The van der Waals surface area contributed by atoms with Gasteiger partial charge in [0.25, 0.3) is 0 Å². The summed E-state index contributed by atoms with van der Waals surface area (Å²) in [6.07, 6.45) is 2.03. The number of anilines is 1. The van der Waals surface area contributed by atoms with Crippen LogP contribution < -0.4 is 11.1 Å². The van der Waals surface area contributed by atoms with Crippen molar-refractivity contribution >= 4 is 11.7 Å². The van der Waals surface area contributed by atoms with E-state index >= 15 is 0 Å². The second kappa shape index (κ2) is 5.78. The molecule has 0 aliphatic heterocycles. The summed E-state index contributed by atoms with van der Waals surface area (Å²) in [4.78, 5) is 15.1. The predicted octanol–water partition coefficient (Wildman–Crippen LogP) is 0.740. The molecule has 1 rings (SSSR count). The fourth-order valence-corrected chi connectivity index (χ4v) is 0.961. The van der Waals surface area contributed by atoms with Crippen LogP contribution in [-0.4, -0.2) is 17.4 Å². The van der Waals surface area contributed by atoms with Crippen LogP contribution in [0.15, 0.2) is 18.3 Å². The zero-order valence-electron chi connectivity index (χ0n) is 8.58. The lowest BCUT2D eigenvalue weighted by atomic mass is 10.2. The first kappa shape index (κ1) is 11.2. The van der Waals surface area contributed by atoms with Crippen molar-refractivity contribution in [1.29, 1.82) is 0 Å². The van der Waals surface area contributed by atoms with Crippen molar-refractivity contribution in [1.82, 2.24) is 4.98 Å². The van der Waals surface area contributed by atoms with E-state index < -0.39 is 0 Å². The standard InChI is InChI=1S/C11H13N3O/c1-2-11(15)14-10-8-9(4-3-6-12)5-7-13-10/h5,7-8H,2,6,12H2,1H3,(H,13,14,15). The Balaban J connectivity index is 2.78. The summed E-state index contributed by atoms with van der Waals surface area (Å²) in [5.74, 6) is 6.06. The Hall–Kier alpha value is -1.86. The molecule has 0 saturated heterocycles. The average Bonchev–Trinajstić information content (AvgIpc) is 2.26. The quantitative estimate of drug-likeness (QED) is 0.696. The van der Waals surface area contributed by atoms with Gasteiger partial charge in [-0.25, -0.2) is 4.98 Å². The zero-order valence-corrected chi connectivity index (χ0v) is 8.58. The Kier molecular flexibility index (Phi) is 4.32. The van der Waals surface area contributed by atoms with Crippen LogP contribution in [0.4, 0.5) is 5.82 Å². The van der Waals surface area contributed by atoms with Crippen molar-refractivity contribution in [2.75, 3.05) is 11.9 Å². The van der Waals surface area contributed by atoms with E-state index in [4.69, 9.17) is 5.73 Å². The molecular weight excluding hydrogens is 190 g/mol. The van der Waals surface area contributed by atoms with Crippen LogP contribution in [0, 0.1) is 11.8 Å². The van der Waals surface area contributed by atoms with Gasteiger partial charge in [0.2, 0.25) is 5.91 Å². The summed E-state index contributed by atoms with van der Waals surface area (Å²) in [5, 5.41) is 2.66. The van der Waals surface area contributed by atoms with Crippen molar-refractivity contribution in [3.05, 3.63) is 23.9 Å². The molecule has 0 bridgehead atoms. The van der Waals surface area contributed by atoms with Crippen molar-refractivity contribution in [2.24, 2.45) is 5.73 Å². The Labute approximate surface area is 88.9 Å². The number of carbonyl (C=O) groups is 1. The molecule has 0 aliphatic rings. The molecule has 78 valence electrons. The molecule has 1 aromatic heterocycles.